The number of aryl methyl sites for hydroxylation is 2. The molecule has 1 aliphatic rings. The number of hydrogen-bond donors (Lipinski definition) is 1. The lowest BCUT2D eigenvalue weighted by Crippen LogP contribution is -2.50. The Balaban J connectivity index is 2.16. The highest BCUT2D eigenvalue weighted by Crippen LogP contribution is 2.15. The number of rotatable bonds is 3. The molecule has 18 heavy (non-hydrogen) atoms. The van der Waals surface area contributed by atoms with Crippen molar-refractivity contribution in [1.29, 1.82) is 0 Å². The van der Waals surface area contributed by atoms with Gasteiger partial charge in [0.1, 0.15) is 0 Å². The fourth-order valence-electron chi connectivity index (χ4n) is 2.46. The molecule has 1 saturated heterocycles. The SMILES string of the molecule is Cc1ccc(C)c(C(=O)C(C)N2CCNCC2)c1. The molecular formula is C15H22N2O. The number of nitrogens with one attached hydrogen (secondary N) is 1. The Morgan fingerprint density at radius 3 is 2.61 bits per heavy atom. The van der Waals surface area contributed by atoms with Crippen LogP contribution < -0.4 is 5.32 Å². The van der Waals surface area contributed by atoms with E-state index in [0.717, 1.165) is 42.9 Å². The predicted molar refractivity (Wildman–Crippen MR) is 74.2 cm³/mol. The van der Waals surface area contributed by atoms with Crippen LogP contribution in [0, 0.1) is 13.8 Å². The second-order valence-electron chi connectivity index (χ2n) is 5.14. The fraction of sp³-hybridized carbons (Fsp3) is 0.533. The zero-order valence-electron chi connectivity index (χ0n) is 11.5. The van der Waals surface area contributed by atoms with Gasteiger partial charge in [-0.3, -0.25) is 9.69 Å². The van der Waals surface area contributed by atoms with E-state index >= 15 is 0 Å². The van der Waals surface area contributed by atoms with Gasteiger partial charge in [-0.05, 0) is 32.4 Å². The Morgan fingerprint density at radius 1 is 1.28 bits per heavy atom. The molecule has 3 heteroatoms. The molecule has 1 atom stereocenters. The van der Waals surface area contributed by atoms with Gasteiger partial charge in [0.25, 0.3) is 0 Å². The molecule has 1 N–H and O–H groups in total. The van der Waals surface area contributed by atoms with E-state index < -0.39 is 0 Å². The first-order valence-corrected chi connectivity index (χ1v) is 6.66. The molecule has 1 aliphatic heterocycles. The van der Waals surface area contributed by atoms with Crippen LogP contribution in [0.25, 0.3) is 0 Å². The van der Waals surface area contributed by atoms with Crippen molar-refractivity contribution in [1.82, 2.24) is 10.2 Å². The maximum Gasteiger partial charge on any atom is 0.179 e. The van der Waals surface area contributed by atoms with Crippen molar-refractivity contribution in [2.45, 2.75) is 26.8 Å². The predicted octanol–water partition coefficient (Wildman–Crippen LogP) is 1.78. The van der Waals surface area contributed by atoms with Gasteiger partial charge in [0.15, 0.2) is 5.78 Å². The third-order valence-electron chi connectivity index (χ3n) is 3.74. The number of benzene rings is 1. The first-order valence-electron chi connectivity index (χ1n) is 6.66. The van der Waals surface area contributed by atoms with E-state index in [-0.39, 0.29) is 11.8 Å². The Hall–Kier alpha value is -1.19. The van der Waals surface area contributed by atoms with E-state index in [2.05, 4.69) is 16.3 Å². The van der Waals surface area contributed by atoms with Crippen LogP contribution in [-0.2, 0) is 0 Å². The fourth-order valence-corrected chi connectivity index (χ4v) is 2.46. The molecule has 0 amide bonds. The lowest BCUT2D eigenvalue weighted by molar-refractivity contribution is 0.0819. The number of hydrogen-bond acceptors (Lipinski definition) is 3. The van der Waals surface area contributed by atoms with Crippen molar-refractivity contribution in [2.75, 3.05) is 26.2 Å². The smallest absolute Gasteiger partial charge is 0.179 e. The highest BCUT2D eigenvalue weighted by Gasteiger charge is 2.24. The number of carbonyl (C=O) groups is 1. The van der Waals surface area contributed by atoms with Gasteiger partial charge in [-0.2, -0.15) is 0 Å². The quantitative estimate of drug-likeness (QED) is 0.825. The van der Waals surface area contributed by atoms with Gasteiger partial charge in [0, 0.05) is 31.7 Å². The minimum Gasteiger partial charge on any atom is -0.314 e. The summed E-state index contributed by atoms with van der Waals surface area (Å²) in [5.41, 5.74) is 3.10. The molecule has 1 fully saturated rings. The number of nitrogens with zero attached hydrogens (tertiary/aromatic N) is 1. The first-order chi connectivity index (χ1) is 8.59. The minimum absolute atomic E-state index is 0.0207. The van der Waals surface area contributed by atoms with E-state index in [0.29, 0.717) is 0 Å². The van der Waals surface area contributed by atoms with Gasteiger partial charge in [0.05, 0.1) is 6.04 Å². The van der Waals surface area contributed by atoms with Crippen LogP contribution in [-0.4, -0.2) is 42.9 Å². The topological polar surface area (TPSA) is 32.3 Å². The molecule has 3 nitrogen and oxygen atoms in total. The summed E-state index contributed by atoms with van der Waals surface area (Å²) in [6.45, 7) is 9.93. The minimum atomic E-state index is -0.0207. The van der Waals surface area contributed by atoms with Crippen LogP contribution in [0.4, 0.5) is 0 Å². The Kier molecular flexibility index (Phi) is 4.15. The molecule has 98 valence electrons. The molecule has 0 aliphatic carbocycles. The summed E-state index contributed by atoms with van der Waals surface area (Å²) in [6, 6.07) is 6.08. The summed E-state index contributed by atoms with van der Waals surface area (Å²) in [5, 5.41) is 3.32. The molecule has 1 aromatic rings. The van der Waals surface area contributed by atoms with Crippen molar-refractivity contribution in [3.63, 3.8) is 0 Å². The maximum atomic E-state index is 12.6. The molecule has 1 aromatic carbocycles. The molecule has 0 aromatic heterocycles. The van der Waals surface area contributed by atoms with Crippen molar-refractivity contribution < 1.29 is 4.79 Å². The van der Waals surface area contributed by atoms with E-state index in [9.17, 15) is 4.79 Å². The van der Waals surface area contributed by atoms with Crippen LogP contribution in [0.3, 0.4) is 0 Å². The van der Waals surface area contributed by atoms with Gasteiger partial charge < -0.3 is 5.32 Å². The normalized spacial score (nSPS) is 18.6. The van der Waals surface area contributed by atoms with E-state index in [1.165, 1.54) is 0 Å². The lowest BCUT2D eigenvalue weighted by atomic mass is 9.97. The zero-order valence-corrected chi connectivity index (χ0v) is 11.5. The third kappa shape index (κ3) is 2.79. The monoisotopic (exact) mass is 246 g/mol. The number of Topliss-reactive ketones (excluding diaryl/α,β-unsaturated/α-hetero) is 1. The highest BCUT2D eigenvalue weighted by molar-refractivity contribution is 6.01. The summed E-state index contributed by atoms with van der Waals surface area (Å²) >= 11 is 0. The van der Waals surface area contributed by atoms with E-state index in [1.54, 1.807) is 0 Å². The van der Waals surface area contributed by atoms with Crippen LogP contribution >= 0.6 is 0 Å². The van der Waals surface area contributed by atoms with Crippen LogP contribution in [0.2, 0.25) is 0 Å². The van der Waals surface area contributed by atoms with Crippen molar-refractivity contribution in [3.05, 3.63) is 34.9 Å². The summed E-state index contributed by atoms with van der Waals surface area (Å²) in [6.07, 6.45) is 0. The average molecular weight is 246 g/mol. The van der Waals surface area contributed by atoms with E-state index in [1.807, 2.05) is 32.9 Å². The van der Waals surface area contributed by atoms with Crippen molar-refractivity contribution in [2.24, 2.45) is 0 Å². The van der Waals surface area contributed by atoms with Gasteiger partial charge >= 0.3 is 0 Å². The zero-order chi connectivity index (χ0) is 13.1. The Morgan fingerprint density at radius 2 is 1.94 bits per heavy atom. The van der Waals surface area contributed by atoms with Gasteiger partial charge in [0.2, 0.25) is 0 Å². The molecule has 0 radical (unpaired) electrons. The van der Waals surface area contributed by atoms with Crippen molar-refractivity contribution in [3.8, 4) is 0 Å². The molecule has 0 saturated carbocycles. The van der Waals surface area contributed by atoms with Gasteiger partial charge in [-0.25, -0.2) is 0 Å². The van der Waals surface area contributed by atoms with Gasteiger partial charge in [-0.1, -0.05) is 17.7 Å². The van der Waals surface area contributed by atoms with Crippen LogP contribution in [0.15, 0.2) is 18.2 Å². The largest absolute Gasteiger partial charge is 0.314 e. The van der Waals surface area contributed by atoms with Crippen molar-refractivity contribution >= 4 is 5.78 Å². The molecule has 0 bridgehead atoms. The summed E-state index contributed by atoms with van der Waals surface area (Å²) in [5.74, 6) is 0.248. The number of piperazine rings is 1. The first kappa shape index (κ1) is 13.2. The second kappa shape index (κ2) is 5.63. The summed E-state index contributed by atoms with van der Waals surface area (Å²) in [7, 11) is 0. The average Bonchev–Trinajstić information content (AvgIpc) is 2.41. The van der Waals surface area contributed by atoms with Crippen LogP contribution in [0.1, 0.15) is 28.4 Å². The summed E-state index contributed by atoms with van der Waals surface area (Å²) in [4.78, 5) is 14.8. The van der Waals surface area contributed by atoms with Gasteiger partial charge in [-0.15, -0.1) is 0 Å². The highest BCUT2D eigenvalue weighted by atomic mass is 16.1. The standard InChI is InChI=1S/C15H22N2O/c1-11-4-5-12(2)14(10-11)15(18)13(3)17-8-6-16-7-9-17/h4-5,10,13,16H,6-9H2,1-3H3. The Bertz CT molecular complexity index is 436. The lowest BCUT2D eigenvalue weighted by Gasteiger charge is -2.32. The third-order valence-corrected chi connectivity index (χ3v) is 3.74. The van der Waals surface area contributed by atoms with Crippen LogP contribution in [0.5, 0.6) is 0 Å². The number of carbonyl (C=O) groups excluding carboxylic acids is 1. The molecule has 2 rings (SSSR count). The maximum absolute atomic E-state index is 12.6. The second-order valence-corrected chi connectivity index (χ2v) is 5.14. The number of ketones is 1. The summed E-state index contributed by atoms with van der Waals surface area (Å²) < 4.78 is 0. The van der Waals surface area contributed by atoms with E-state index in [4.69, 9.17) is 0 Å². The molecule has 1 heterocycles. The molecular weight excluding hydrogens is 224 g/mol. The Labute approximate surface area is 109 Å². The molecule has 1 unspecified atom stereocenters. The molecule has 0 spiro atoms.